The van der Waals surface area contributed by atoms with Crippen LogP contribution < -0.4 is 15.1 Å². The van der Waals surface area contributed by atoms with Crippen molar-refractivity contribution >= 4 is 44.0 Å². The number of pyridine rings is 2. The van der Waals surface area contributed by atoms with Gasteiger partial charge in [-0.3, -0.25) is 0 Å². The van der Waals surface area contributed by atoms with Gasteiger partial charge in [0.2, 0.25) is 5.95 Å². The van der Waals surface area contributed by atoms with Crippen LogP contribution in [0.1, 0.15) is 32.3 Å². The maximum atomic E-state index is 14.5. The highest BCUT2D eigenvalue weighted by atomic mass is 32.2. The van der Waals surface area contributed by atoms with Crippen LogP contribution in [0.15, 0.2) is 30.7 Å². The Morgan fingerprint density at radius 3 is 2.56 bits per heavy atom. The van der Waals surface area contributed by atoms with Gasteiger partial charge in [-0.1, -0.05) is 13.8 Å². The Bertz CT molecular complexity index is 1540. The average Bonchev–Trinajstić information content (AvgIpc) is 2.89. The maximum Gasteiger partial charge on any atom is 0.293 e. The minimum atomic E-state index is -3.28. The number of nitrogens with zero attached hydrogens (tertiary/aromatic N) is 6. The minimum Gasteiger partial charge on any atom is -0.388 e. The van der Waals surface area contributed by atoms with Gasteiger partial charge < -0.3 is 25.0 Å². The normalized spacial score (nSPS) is 24.5. The molecule has 0 bridgehead atoms. The highest BCUT2D eigenvalue weighted by Gasteiger charge is 2.50. The molecule has 222 valence electrons. The first-order valence-corrected chi connectivity index (χ1v) is 15.5. The number of aliphatic hydroxyl groups is 1. The number of aliphatic hydroxyl groups excluding tert-OH is 1. The maximum absolute atomic E-state index is 14.5. The van der Waals surface area contributed by atoms with Gasteiger partial charge in [0.05, 0.1) is 12.3 Å². The number of fused-ring (bicyclic) bond motifs is 1. The first kappa shape index (κ1) is 29.3. The number of halogens is 2. The molecule has 2 aliphatic rings. The van der Waals surface area contributed by atoms with E-state index in [9.17, 15) is 22.3 Å². The Labute approximate surface area is 237 Å². The van der Waals surface area contributed by atoms with Crippen molar-refractivity contribution in [2.45, 2.75) is 50.9 Å². The molecule has 5 heterocycles. The third-order valence-corrected chi connectivity index (χ3v) is 8.84. The number of nitrogens with one attached hydrogen (secondary N) is 1. The molecule has 11 nitrogen and oxygen atoms in total. The van der Waals surface area contributed by atoms with Crippen LogP contribution in [0, 0.1) is 5.92 Å². The van der Waals surface area contributed by atoms with Gasteiger partial charge in [-0.25, -0.2) is 32.2 Å². The molecule has 0 radical (unpaired) electrons. The summed E-state index contributed by atoms with van der Waals surface area (Å²) < 4.78 is 57.5. The summed E-state index contributed by atoms with van der Waals surface area (Å²) in [6.45, 7) is 5.97. The van der Waals surface area contributed by atoms with Crippen LogP contribution in [0.3, 0.4) is 0 Å². The first-order valence-electron chi connectivity index (χ1n) is 13.4. The van der Waals surface area contributed by atoms with Gasteiger partial charge in [-0.2, -0.15) is 4.98 Å². The van der Waals surface area contributed by atoms with Gasteiger partial charge in [-0.05, 0) is 35.9 Å². The lowest BCUT2D eigenvalue weighted by molar-refractivity contribution is -0.171. The van der Waals surface area contributed by atoms with Crippen LogP contribution in [0.25, 0.3) is 10.8 Å². The van der Waals surface area contributed by atoms with Gasteiger partial charge in [-0.15, -0.1) is 0 Å². The molecule has 4 atom stereocenters. The standard InChI is InChI=1S/C27H35F2N7O4S/c1-15(2)19-9-32-25(36-11-17(16(36)3)13-41(5,38)39)20-10-31-23(8-18(19)20)33-22-6-7-30-26(34-22)35-12-21(37)24(40-4)27(28,29)14-35/h6-10,15-17,21,24,37H,11-14H2,1-5H3,(H,30,31,33,34)/t16-,17-,21+,24+/m1/s1. The highest BCUT2D eigenvalue weighted by Crippen LogP contribution is 2.38. The molecule has 3 aromatic heterocycles. The van der Waals surface area contributed by atoms with Crippen LogP contribution in [0.5, 0.6) is 0 Å². The molecule has 0 aliphatic carbocycles. The van der Waals surface area contributed by atoms with Crippen molar-refractivity contribution < 1.29 is 27.0 Å². The smallest absolute Gasteiger partial charge is 0.293 e. The molecule has 14 heteroatoms. The molecule has 5 rings (SSSR count). The molecular formula is C27H35F2N7O4S. The Balaban J connectivity index is 1.41. The molecule has 0 amide bonds. The number of anilines is 4. The van der Waals surface area contributed by atoms with E-state index in [4.69, 9.17) is 9.72 Å². The number of β-amino-alcohol motifs (C(OH)–C–C–N with tert-alkyl or cyclic N) is 1. The molecule has 2 fully saturated rings. The summed E-state index contributed by atoms with van der Waals surface area (Å²) in [6.07, 6.45) is 3.30. The monoisotopic (exact) mass is 591 g/mol. The number of ether oxygens (including phenoxy) is 1. The number of alkyl halides is 2. The predicted octanol–water partition coefficient (Wildman–Crippen LogP) is 2.99. The van der Waals surface area contributed by atoms with Crippen molar-refractivity contribution in [1.29, 1.82) is 0 Å². The van der Waals surface area contributed by atoms with Crippen LogP contribution in [-0.4, -0.2) is 96.4 Å². The number of hydrogen-bond acceptors (Lipinski definition) is 11. The second-order valence-electron chi connectivity index (χ2n) is 11.3. The van der Waals surface area contributed by atoms with E-state index in [-0.39, 0.29) is 36.1 Å². The molecule has 0 aromatic carbocycles. The molecule has 0 saturated carbocycles. The minimum absolute atomic E-state index is 0.0161. The van der Waals surface area contributed by atoms with Crippen molar-refractivity contribution in [3.05, 3.63) is 36.3 Å². The van der Waals surface area contributed by atoms with E-state index >= 15 is 0 Å². The van der Waals surface area contributed by atoms with Gasteiger partial charge in [0.15, 0.2) is 0 Å². The number of sulfone groups is 1. The number of rotatable bonds is 8. The van der Waals surface area contributed by atoms with E-state index in [0.29, 0.717) is 18.2 Å². The molecular weight excluding hydrogens is 556 g/mol. The summed E-state index contributed by atoms with van der Waals surface area (Å²) in [5.41, 5.74) is 1.02. The number of aromatic nitrogens is 4. The molecule has 2 N–H and O–H groups in total. The molecule has 2 saturated heterocycles. The third kappa shape index (κ3) is 5.90. The van der Waals surface area contributed by atoms with E-state index < -0.39 is 34.5 Å². The fourth-order valence-electron chi connectivity index (χ4n) is 5.64. The van der Waals surface area contributed by atoms with Crippen LogP contribution in [0.2, 0.25) is 0 Å². The summed E-state index contributed by atoms with van der Waals surface area (Å²) >= 11 is 0. The summed E-state index contributed by atoms with van der Waals surface area (Å²) in [4.78, 5) is 21.2. The largest absolute Gasteiger partial charge is 0.388 e. The van der Waals surface area contributed by atoms with Crippen LogP contribution >= 0.6 is 0 Å². The van der Waals surface area contributed by atoms with Crippen molar-refractivity contribution in [2.75, 3.05) is 53.9 Å². The van der Waals surface area contributed by atoms with E-state index in [1.54, 1.807) is 12.3 Å². The van der Waals surface area contributed by atoms with E-state index in [0.717, 1.165) is 29.3 Å². The summed E-state index contributed by atoms with van der Waals surface area (Å²) in [5.74, 6) is -1.27. The summed E-state index contributed by atoms with van der Waals surface area (Å²) in [5, 5.41) is 15.2. The van der Waals surface area contributed by atoms with Gasteiger partial charge in [0, 0.05) is 62.4 Å². The molecule has 3 aromatic rings. The Hall–Kier alpha value is -3.23. The number of hydrogen-bond donors (Lipinski definition) is 2. The van der Waals surface area contributed by atoms with E-state index in [1.165, 1.54) is 17.4 Å². The SMILES string of the molecule is CO[C@H]1[C@@H](O)CN(c2nccc(Nc3cc4c(C(C)C)cnc(N5C[C@H](CS(C)(=O)=O)[C@H]5C)c4cn3)n2)CC1(F)F. The molecule has 0 spiro atoms. The second kappa shape index (κ2) is 10.9. The van der Waals surface area contributed by atoms with Gasteiger partial charge in [0.25, 0.3) is 5.92 Å². The fourth-order valence-corrected chi connectivity index (χ4v) is 6.80. The van der Waals surface area contributed by atoms with Crippen molar-refractivity contribution in [2.24, 2.45) is 5.92 Å². The predicted molar refractivity (Wildman–Crippen MR) is 153 cm³/mol. The number of piperidine rings is 1. The first-order chi connectivity index (χ1) is 19.3. The third-order valence-electron chi connectivity index (χ3n) is 7.81. The zero-order valence-corrected chi connectivity index (χ0v) is 24.4. The lowest BCUT2D eigenvalue weighted by Gasteiger charge is -2.47. The Morgan fingerprint density at radius 2 is 1.93 bits per heavy atom. The van der Waals surface area contributed by atoms with E-state index in [2.05, 4.69) is 39.0 Å². The highest BCUT2D eigenvalue weighted by molar-refractivity contribution is 7.90. The van der Waals surface area contributed by atoms with Crippen molar-refractivity contribution in [3.63, 3.8) is 0 Å². The second-order valence-corrected chi connectivity index (χ2v) is 13.5. The Kier molecular flexibility index (Phi) is 7.76. The summed E-state index contributed by atoms with van der Waals surface area (Å²) in [6, 6.07) is 3.52. The van der Waals surface area contributed by atoms with Gasteiger partial charge >= 0.3 is 0 Å². The Morgan fingerprint density at radius 1 is 1.17 bits per heavy atom. The molecule has 2 aliphatic heterocycles. The van der Waals surface area contributed by atoms with Gasteiger partial charge in [0.1, 0.15) is 39.5 Å². The lowest BCUT2D eigenvalue weighted by Crippen LogP contribution is -2.60. The summed E-state index contributed by atoms with van der Waals surface area (Å²) in [7, 11) is -1.93. The zero-order chi connectivity index (χ0) is 29.7. The molecule has 0 unspecified atom stereocenters. The van der Waals surface area contributed by atoms with Crippen molar-refractivity contribution in [3.8, 4) is 0 Å². The van der Waals surface area contributed by atoms with Crippen LogP contribution in [-0.2, 0) is 14.6 Å². The molecule has 41 heavy (non-hydrogen) atoms. The lowest BCUT2D eigenvalue weighted by atomic mass is 9.90. The van der Waals surface area contributed by atoms with Crippen LogP contribution in [0.4, 0.5) is 32.2 Å². The zero-order valence-electron chi connectivity index (χ0n) is 23.6. The topological polar surface area (TPSA) is 134 Å². The van der Waals surface area contributed by atoms with Crippen molar-refractivity contribution in [1.82, 2.24) is 19.9 Å². The fraction of sp³-hybridized carbons (Fsp3) is 0.556. The van der Waals surface area contributed by atoms with E-state index in [1.807, 2.05) is 19.2 Å². The average molecular weight is 592 g/mol. The quantitative estimate of drug-likeness (QED) is 0.401. The number of methoxy groups -OCH3 is 1.